The minimum atomic E-state index is -0.108. The minimum Gasteiger partial charge on any atom is -0.489 e. The summed E-state index contributed by atoms with van der Waals surface area (Å²) in [5.41, 5.74) is 1.41. The lowest BCUT2D eigenvalue weighted by Gasteiger charge is -2.35. The maximum atomic E-state index is 12.4. The normalized spacial score (nSPS) is 15.6. The number of aromatic nitrogens is 2. The van der Waals surface area contributed by atoms with Crippen LogP contribution in [0.1, 0.15) is 29.5 Å². The zero-order valence-corrected chi connectivity index (χ0v) is 16.8. The molecule has 28 heavy (non-hydrogen) atoms. The van der Waals surface area contributed by atoms with E-state index in [0.29, 0.717) is 25.1 Å². The number of ether oxygens (including phenoxy) is 1. The van der Waals surface area contributed by atoms with Crippen molar-refractivity contribution in [1.82, 2.24) is 19.8 Å². The highest BCUT2D eigenvalue weighted by Crippen LogP contribution is 2.34. The number of imidazole rings is 1. The highest BCUT2D eigenvalue weighted by Gasteiger charge is 2.27. The Kier molecular flexibility index (Phi) is 5.87. The number of fused-ring (bicyclic) bond motifs is 1. The molecule has 3 rings (SSSR count). The second-order valence-electron chi connectivity index (χ2n) is 7.07. The standard InChI is InChI=1S/C20H27N5O3/c1-5-25-9-8-21-18(25)12-22-19(26)11-15-13-28-17-7-6-14(20(27)23(2)3)10-16(17)24(15)4/h6-10,15H,5,11-13H2,1-4H3,(H,22,26). The maximum absolute atomic E-state index is 12.4. The van der Waals surface area contributed by atoms with Crippen LogP contribution in [0.25, 0.3) is 0 Å². The lowest BCUT2D eigenvalue weighted by Crippen LogP contribution is -2.44. The van der Waals surface area contributed by atoms with Gasteiger partial charge in [-0.1, -0.05) is 0 Å². The van der Waals surface area contributed by atoms with Crippen molar-refractivity contribution < 1.29 is 14.3 Å². The lowest BCUT2D eigenvalue weighted by atomic mass is 10.1. The van der Waals surface area contributed by atoms with Crippen LogP contribution in [-0.4, -0.2) is 60.1 Å². The summed E-state index contributed by atoms with van der Waals surface area (Å²) in [6.07, 6.45) is 3.93. The van der Waals surface area contributed by atoms with E-state index < -0.39 is 0 Å². The Morgan fingerprint density at radius 2 is 2.14 bits per heavy atom. The van der Waals surface area contributed by atoms with Gasteiger partial charge in [-0.2, -0.15) is 0 Å². The number of likely N-dealkylation sites (N-methyl/N-ethyl adjacent to an activating group) is 1. The molecule has 1 aromatic heterocycles. The van der Waals surface area contributed by atoms with Crippen LogP contribution in [-0.2, 0) is 17.9 Å². The molecular formula is C20H27N5O3. The number of nitrogens with one attached hydrogen (secondary N) is 1. The van der Waals surface area contributed by atoms with E-state index in [4.69, 9.17) is 4.74 Å². The van der Waals surface area contributed by atoms with Crippen molar-refractivity contribution in [3.63, 3.8) is 0 Å². The molecule has 8 heteroatoms. The average Bonchev–Trinajstić information content (AvgIpc) is 3.15. The largest absolute Gasteiger partial charge is 0.489 e. The number of hydrogen-bond donors (Lipinski definition) is 1. The van der Waals surface area contributed by atoms with Gasteiger partial charge in [-0.15, -0.1) is 0 Å². The summed E-state index contributed by atoms with van der Waals surface area (Å²) < 4.78 is 7.82. The van der Waals surface area contributed by atoms with Crippen molar-refractivity contribution in [1.29, 1.82) is 0 Å². The zero-order valence-electron chi connectivity index (χ0n) is 16.8. The minimum absolute atomic E-state index is 0.0601. The molecule has 1 aromatic carbocycles. The van der Waals surface area contributed by atoms with Crippen molar-refractivity contribution in [3.8, 4) is 5.75 Å². The molecule has 2 amide bonds. The summed E-state index contributed by atoms with van der Waals surface area (Å²) in [5.74, 6) is 1.43. The van der Waals surface area contributed by atoms with Crippen LogP contribution in [0, 0.1) is 0 Å². The smallest absolute Gasteiger partial charge is 0.253 e. The third kappa shape index (κ3) is 4.11. The predicted molar refractivity (Wildman–Crippen MR) is 107 cm³/mol. The summed E-state index contributed by atoms with van der Waals surface area (Å²) in [5, 5.41) is 2.93. The molecule has 150 valence electrons. The zero-order chi connectivity index (χ0) is 20.3. The van der Waals surface area contributed by atoms with E-state index in [0.717, 1.165) is 23.8 Å². The lowest BCUT2D eigenvalue weighted by molar-refractivity contribution is -0.121. The molecule has 0 fully saturated rings. The fourth-order valence-electron chi connectivity index (χ4n) is 3.26. The van der Waals surface area contributed by atoms with Gasteiger partial charge in [0.25, 0.3) is 5.91 Å². The molecule has 0 spiro atoms. The van der Waals surface area contributed by atoms with E-state index in [-0.39, 0.29) is 17.9 Å². The van der Waals surface area contributed by atoms with Crippen LogP contribution in [0.15, 0.2) is 30.6 Å². The third-order valence-electron chi connectivity index (χ3n) is 4.98. The first-order valence-corrected chi connectivity index (χ1v) is 9.38. The topological polar surface area (TPSA) is 79.7 Å². The van der Waals surface area contributed by atoms with Crippen molar-refractivity contribution in [2.24, 2.45) is 0 Å². The number of aryl methyl sites for hydroxylation is 1. The maximum Gasteiger partial charge on any atom is 0.253 e. The fraction of sp³-hybridized carbons (Fsp3) is 0.450. The van der Waals surface area contributed by atoms with Gasteiger partial charge in [0.2, 0.25) is 5.91 Å². The summed E-state index contributed by atoms with van der Waals surface area (Å²) >= 11 is 0. The van der Waals surface area contributed by atoms with E-state index >= 15 is 0 Å². The first-order chi connectivity index (χ1) is 13.4. The van der Waals surface area contributed by atoms with Crippen molar-refractivity contribution in [2.75, 3.05) is 32.6 Å². The first-order valence-electron chi connectivity index (χ1n) is 9.38. The summed E-state index contributed by atoms with van der Waals surface area (Å²) in [6.45, 7) is 3.67. The predicted octanol–water partition coefficient (Wildman–Crippen LogP) is 1.51. The Hall–Kier alpha value is -3.03. The van der Waals surface area contributed by atoms with Gasteiger partial charge in [0.1, 0.15) is 18.2 Å². The highest BCUT2D eigenvalue weighted by molar-refractivity contribution is 5.95. The SMILES string of the molecule is CCn1ccnc1CNC(=O)CC1COc2ccc(C(=O)N(C)C)cc2N1C. The van der Waals surface area contributed by atoms with E-state index in [2.05, 4.69) is 10.3 Å². The average molecular weight is 385 g/mol. The highest BCUT2D eigenvalue weighted by atomic mass is 16.5. The molecule has 1 unspecified atom stereocenters. The Morgan fingerprint density at radius 1 is 1.36 bits per heavy atom. The molecule has 2 heterocycles. The Balaban J connectivity index is 1.64. The number of carbonyl (C=O) groups excluding carboxylic acids is 2. The van der Waals surface area contributed by atoms with Gasteiger partial charge < -0.3 is 24.4 Å². The van der Waals surface area contributed by atoms with Gasteiger partial charge in [0.15, 0.2) is 0 Å². The van der Waals surface area contributed by atoms with Gasteiger partial charge >= 0.3 is 0 Å². The van der Waals surface area contributed by atoms with Gasteiger partial charge in [-0.25, -0.2) is 4.98 Å². The molecule has 8 nitrogen and oxygen atoms in total. The second-order valence-corrected chi connectivity index (χ2v) is 7.07. The number of amides is 2. The molecule has 0 aliphatic carbocycles. The van der Waals surface area contributed by atoms with Crippen LogP contribution in [0.3, 0.4) is 0 Å². The molecule has 0 saturated heterocycles. The number of hydrogen-bond acceptors (Lipinski definition) is 5. The molecule has 0 radical (unpaired) electrons. The van der Waals surface area contributed by atoms with E-state index in [1.54, 1.807) is 26.4 Å². The van der Waals surface area contributed by atoms with Crippen LogP contribution >= 0.6 is 0 Å². The molecule has 1 aliphatic heterocycles. The molecule has 1 N–H and O–H groups in total. The fourth-order valence-corrected chi connectivity index (χ4v) is 3.26. The van der Waals surface area contributed by atoms with Crippen molar-refractivity contribution >= 4 is 17.5 Å². The summed E-state index contributed by atoms with van der Waals surface area (Å²) in [4.78, 5) is 32.5. The monoisotopic (exact) mass is 385 g/mol. The molecular weight excluding hydrogens is 358 g/mol. The first kappa shape index (κ1) is 19.7. The van der Waals surface area contributed by atoms with E-state index in [1.807, 2.05) is 41.8 Å². The van der Waals surface area contributed by atoms with Gasteiger partial charge in [-0.3, -0.25) is 9.59 Å². The Morgan fingerprint density at radius 3 is 2.86 bits per heavy atom. The molecule has 0 bridgehead atoms. The van der Waals surface area contributed by atoms with E-state index in [9.17, 15) is 9.59 Å². The second kappa shape index (κ2) is 8.33. The van der Waals surface area contributed by atoms with Crippen LogP contribution in [0.2, 0.25) is 0 Å². The molecule has 1 atom stereocenters. The van der Waals surface area contributed by atoms with Crippen LogP contribution < -0.4 is 15.0 Å². The van der Waals surface area contributed by atoms with Gasteiger partial charge in [0, 0.05) is 45.6 Å². The summed E-state index contributed by atoms with van der Waals surface area (Å²) in [6, 6.07) is 5.28. The Bertz CT molecular complexity index is 861. The van der Waals surface area contributed by atoms with E-state index in [1.165, 1.54) is 4.90 Å². The quantitative estimate of drug-likeness (QED) is 0.815. The summed E-state index contributed by atoms with van der Waals surface area (Å²) in [7, 11) is 5.37. The van der Waals surface area contributed by atoms with Gasteiger partial charge in [0.05, 0.1) is 24.7 Å². The van der Waals surface area contributed by atoms with Crippen molar-refractivity contribution in [3.05, 3.63) is 42.0 Å². The number of anilines is 1. The number of rotatable bonds is 6. The molecule has 0 saturated carbocycles. The number of benzene rings is 1. The van der Waals surface area contributed by atoms with Crippen LogP contribution in [0.5, 0.6) is 5.75 Å². The molecule has 2 aromatic rings. The van der Waals surface area contributed by atoms with Crippen molar-refractivity contribution in [2.45, 2.75) is 32.5 Å². The Labute approximate surface area is 165 Å². The molecule has 1 aliphatic rings. The van der Waals surface area contributed by atoms with Crippen LogP contribution in [0.4, 0.5) is 5.69 Å². The number of nitrogens with zero attached hydrogens (tertiary/aromatic N) is 4. The third-order valence-corrected chi connectivity index (χ3v) is 4.98. The van der Waals surface area contributed by atoms with Gasteiger partial charge in [-0.05, 0) is 25.1 Å². The number of carbonyl (C=O) groups is 2.